The predicted molar refractivity (Wildman–Crippen MR) is 45.1 cm³/mol. The highest BCUT2D eigenvalue weighted by atomic mass is 15.2. The molecule has 1 saturated heterocycles. The van der Waals surface area contributed by atoms with Gasteiger partial charge >= 0.3 is 0 Å². The molecule has 1 aliphatic rings. The Balaban J connectivity index is 2.53. The van der Waals surface area contributed by atoms with Crippen LogP contribution in [0.5, 0.6) is 0 Å². The SMILES string of the molecule is C=C1CCN(C(C)(C)C)C1. The summed E-state index contributed by atoms with van der Waals surface area (Å²) in [6.07, 6.45) is 1.19. The number of likely N-dealkylation sites (tertiary alicyclic amines) is 1. The largest absolute Gasteiger partial charge is 0.294 e. The third-order valence-electron chi connectivity index (χ3n) is 2.10. The molecule has 1 nitrogen and oxygen atoms in total. The van der Waals surface area contributed by atoms with Crippen molar-refractivity contribution in [3.63, 3.8) is 0 Å². The highest BCUT2D eigenvalue weighted by Gasteiger charge is 2.25. The molecule has 0 amide bonds. The monoisotopic (exact) mass is 139 g/mol. The number of nitrogens with zero attached hydrogens (tertiary/aromatic N) is 1. The van der Waals surface area contributed by atoms with E-state index in [4.69, 9.17) is 0 Å². The van der Waals surface area contributed by atoms with Gasteiger partial charge in [0, 0.05) is 18.6 Å². The van der Waals surface area contributed by atoms with E-state index in [2.05, 4.69) is 32.3 Å². The van der Waals surface area contributed by atoms with Crippen molar-refractivity contribution >= 4 is 0 Å². The summed E-state index contributed by atoms with van der Waals surface area (Å²) in [4.78, 5) is 2.47. The maximum Gasteiger partial charge on any atom is 0.0195 e. The quantitative estimate of drug-likeness (QED) is 0.464. The van der Waals surface area contributed by atoms with E-state index >= 15 is 0 Å². The van der Waals surface area contributed by atoms with Crippen LogP contribution < -0.4 is 0 Å². The standard InChI is InChI=1S/C9H17N/c1-8-5-6-10(7-8)9(2,3)4/h1,5-7H2,2-4H3. The van der Waals surface area contributed by atoms with Crippen LogP contribution in [0.4, 0.5) is 0 Å². The molecule has 0 radical (unpaired) electrons. The first-order valence-corrected chi connectivity index (χ1v) is 3.92. The molecule has 0 bridgehead atoms. The Kier molecular flexibility index (Phi) is 1.86. The Bertz CT molecular complexity index is 141. The van der Waals surface area contributed by atoms with Gasteiger partial charge in [0.2, 0.25) is 0 Å². The fourth-order valence-electron chi connectivity index (χ4n) is 1.29. The molecule has 1 fully saturated rings. The second-order valence-corrected chi connectivity index (χ2v) is 4.09. The Labute approximate surface area is 63.7 Å². The van der Waals surface area contributed by atoms with Crippen molar-refractivity contribution in [3.05, 3.63) is 12.2 Å². The van der Waals surface area contributed by atoms with Gasteiger partial charge in [-0.2, -0.15) is 0 Å². The highest BCUT2D eigenvalue weighted by molar-refractivity contribution is 5.05. The van der Waals surface area contributed by atoms with Crippen molar-refractivity contribution in [2.24, 2.45) is 0 Å². The Morgan fingerprint density at radius 1 is 1.40 bits per heavy atom. The first-order valence-electron chi connectivity index (χ1n) is 3.92. The van der Waals surface area contributed by atoms with Gasteiger partial charge in [0.15, 0.2) is 0 Å². The molecule has 0 N–H and O–H groups in total. The molecule has 1 rings (SSSR count). The average Bonchev–Trinajstić information content (AvgIpc) is 2.11. The molecule has 0 aromatic rings. The molecule has 0 saturated carbocycles. The van der Waals surface area contributed by atoms with Gasteiger partial charge in [-0.25, -0.2) is 0 Å². The van der Waals surface area contributed by atoms with Gasteiger partial charge < -0.3 is 0 Å². The van der Waals surface area contributed by atoms with Crippen LogP contribution in [0.2, 0.25) is 0 Å². The normalized spacial score (nSPS) is 22.1. The van der Waals surface area contributed by atoms with E-state index < -0.39 is 0 Å². The van der Waals surface area contributed by atoms with Crippen LogP contribution in [0.15, 0.2) is 12.2 Å². The molecule has 0 atom stereocenters. The molecule has 0 aliphatic carbocycles. The van der Waals surface area contributed by atoms with E-state index in [-0.39, 0.29) is 0 Å². The van der Waals surface area contributed by atoms with Gasteiger partial charge in [-0.15, -0.1) is 0 Å². The van der Waals surface area contributed by atoms with E-state index in [1.165, 1.54) is 18.5 Å². The van der Waals surface area contributed by atoms with Gasteiger partial charge in [-0.05, 0) is 27.2 Å². The lowest BCUT2D eigenvalue weighted by Gasteiger charge is -2.30. The molecule has 0 unspecified atom stereocenters. The van der Waals surface area contributed by atoms with Crippen molar-refractivity contribution in [2.75, 3.05) is 13.1 Å². The van der Waals surface area contributed by atoms with Crippen molar-refractivity contribution in [1.82, 2.24) is 4.90 Å². The minimum absolute atomic E-state index is 0.333. The second kappa shape index (κ2) is 2.39. The molecular weight excluding hydrogens is 122 g/mol. The Morgan fingerprint density at radius 3 is 2.20 bits per heavy atom. The fraction of sp³-hybridized carbons (Fsp3) is 0.778. The zero-order valence-corrected chi connectivity index (χ0v) is 7.28. The summed E-state index contributed by atoms with van der Waals surface area (Å²) in [5.41, 5.74) is 1.72. The zero-order chi connectivity index (χ0) is 7.78. The van der Waals surface area contributed by atoms with Crippen LogP contribution in [0.25, 0.3) is 0 Å². The minimum Gasteiger partial charge on any atom is -0.294 e. The van der Waals surface area contributed by atoms with Crippen molar-refractivity contribution in [2.45, 2.75) is 32.7 Å². The third kappa shape index (κ3) is 1.60. The second-order valence-electron chi connectivity index (χ2n) is 4.09. The number of hydrogen-bond acceptors (Lipinski definition) is 1. The van der Waals surface area contributed by atoms with Gasteiger partial charge in [-0.1, -0.05) is 12.2 Å². The summed E-state index contributed by atoms with van der Waals surface area (Å²) >= 11 is 0. The fourth-order valence-corrected chi connectivity index (χ4v) is 1.29. The summed E-state index contributed by atoms with van der Waals surface area (Å²) in [6, 6.07) is 0. The molecule has 1 heterocycles. The highest BCUT2D eigenvalue weighted by Crippen LogP contribution is 2.22. The summed E-state index contributed by atoms with van der Waals surface area (Å²) < 4.78 is 0. The van der Waals surface area contributed by atoms with Gasteiger partial charge in [0.1, 0.15) is 0 Å². The summed E-state index contributed by atoms with van der Waals surface area (Å²) in [5.74, 6) is 0. The summed E-state index contributed by atoms with van der Waals surface area (Å²) in [5, 5.41) is 0. The van der Waals surface area contributed by atoms with E-state index in [0.29, 0.717) is 5.54 Å². The summed E-state index contributed by atoms with van der Waals surface area (Å²) in [7, 11) is 0. The molecule has 10 heavy (non-hydrogen) atoms. The van der Waals surface area contributed by atoms with Crippen LogP contribution in [-0.2, 0) is 0 Å². The first-order chi connectivity index (χ1) is 4.50. The van der Waals surface area contributed by atoms with Crippen molar-refractivity contribution in [1.29, 1.82) is 0 Å². The average molecular weight is 139 g/mol. The molecule has 58 valence electrons. The summed E-state index contributed by atoms with van der Waals surface area (Å²) in [6.45, 7) is 13.0. The van der Waals surface area contributed by atoms with Crippen LogP contribution in [0, 0.1) is 0 Å². The molecule has 1 aliphatic heterocycles. The van der Waals surface area contributed by atoms with Gasteiger partial charge in [0.25, 0.3) is 0 Å². The van der Waals surface area contributed by atoms with Crippen LogP contribution in [0.1, 0.15) is 27.2 Å². The van der Waals surface area contributed by atoms with Crippen LogP contribution in [-0.4, -0.2) is 23.5 Å². The maximum atomic E-state index is 3.98. The van der Waals surface area contributed by atoms with E-state index in [9.17, 15) is 0 Å². The maximum absolute atomic E-state index is 3.98. The van der Waals surface area contributed by atoms with Crippen LogP contribution in [0.3, 0.4) is 0 Å². The topological polar surface area (TPSA) is 3.24 Å². The van der Waals surface area contributed by atoms with E-state index in [1.807, 2.05) is 0 Å². The number of hydrogen-bond donors (Lipinski definition) is 0. The Morgan fingerprint density at radius 2 is 2.00 bits per heavy atom. The third-order valence-corrected chi connectivity index (χ3v) is 2.10. The molecule has 0 spiro atoms. The molecule has 0 aromatic carbocycles. The smallest absolute Gasteiger partial charge is 0.0195 e. The van der Waals surface area contributed by atoms with Gasteiger partial charge in [0.05, 0.1) is 0 Å². The van der Waals surface area contributed by atoms with Crippen molar-refractivity contribution < 1.29 is 0 Å². The molecule has 0 aromatic heterocycles. The number of rotatable bonds is 0. The zero-order valence-electron chi connectivity index (χ0n) is 7.28. The van der Waals surface area contributed by atoms with Crippen molar-refractivity contribution in [3.8, 4) is 0 Å². The molecular formula is C9H17N. The lowest BCUT2D eigenvalue weighted by atomic mass is 10.1. The minimum atomic E-state index is 0.333. The lowest BCUT2D eigenvalue weighted by Crippen LogP contribution is -2.38. The predicted octanol–water partition coefficient (Wildman–Crippen LogP) is 2.05. The lowest BCUT2D eigenvalue weighted by molar-refractivity contribution is 0.179. The Hall–Kier alpha value is -0.300. The van der Waals surface area contributed by atoms with E-state index in [1.54, 1.807) is 0 Å². The first kappa shape index (κ1) is 7.80. The van der Waals surface area contributed by atoms with E-state index in [0.717, 1.165) is 6.54 Å². The molecule has 1 heteroatoms. The van der Waals surface area contributed by atoms with Gasteiger partial charge in [-0.3, -0.25) is 4.90 Å². The van der Waals surface area contributed by atoms with Crippen LogP contribution >= 0.6 is 0 Å².